The molecule has 1 amide bonds. The van der Waals surface area contributed by atoms with Gasteiger partial charge in [-0.1, -0.05) is 51.1 Å². The molecule has 4 nitrogen and oxygen atoms in total. The zero-order valence-corrected chi connectivity index (χ0v) is 15.6. The third-order valence-corrected chi connectivity index (χ3v) is 4.07. The Bertz CT molecular complexity index is 688. The van der Waals surface area contributed by atoms with Gasteiger partial charge < -0.3 is 15.4 Å². The molecule has 0 aliphatic rings. The molecule has 0 aromatic heterocycles. The Balaban J connectivity index is 1.75. The van der Waals surface area contributed by atoms with Gasteiger partial charge in [-0.25, -0.2) is 0 Å². The molecule has 2 aromatic rings. The third-order valence-electron chi connectivity index (χ3n) is 4.07. The molecule has 0 saturated carbocycles. The molecule has 0 unspecified atom stereocenters. The van der Waals surface area contributed by atoms with E-state index in [1.54, 1.807) is 7.11 Å². The van der Waals surface area contributed by atoms with Crippen molar-refractivity contribution < 1.29 is 9.53 Å². The molecule has 2 N–H and O–H groups in total. The standard InChI is InChI=1S/C21H28N2O2/c1-21(2,3)17-9-11-18(12-10-17)23-20(24)13-14-22-15-16-7-5-6-8-19(16)25-4/h5-12,22H,13-15H2,1-4H3,(H,23,24). The summed E-state index contributed by atoms with van der Waals surface area (Å²) in [5, 5.41) is 6.22. The molecular formula is C21H28N2O2. The molecule has 0 spiro atoms. The monoisotopic (exact) mass is 340 g/mol. The number of methoxy groups -OCH3 is 1. The topological polar surface area (TPSA) is 50.4 Å². The molecule has 25 heavy (non-hydrogen) atoms. The lowest BCUT2D eigenvalue weighted by atomic mass is 9.87. The maximum atomic E-state index is 12.1. The van der Waals surface area contributed by atoms with Crippen LogP contribution in [0.4, 0.5) is 5.69 Å². The molecule has 0 saturated heterocycles. The van der Waals surface area contributed by atoms with Gasteiger partial charge in [0, 0.05) is 30.8 Å². The van der Waals surface area contributed by atoms with E-state index in [-0.39, 0.29) is 11.3 Å². The van der Waals surface area contributed by atoms with Crippen molar-refractivity contribution in [3.8, 4) is 5.75 Å². The van der Waals surface area contributed by atoms with Crippen molar-refractivity contribution in [2.75, 3.05) is 19.0 Å². The Morgan fingerprint density at radius 2 is 1.72 bits per heavy atom. The van der Waals surface area contributed by atoms with Gasteiger partial charge in [0.05, 0.1) is 7.11 Å². The first-order valence-corrected chi connectivity index (χ1v) is 8.63. The van der Waals surface area contributed by atoms with Crippen molar-refractivity contribution in [1.29, 1.82) is 0 Å². The summed E-state index contributed by atoms with van der Waals surface area (Å²) in [4.78, 5) is 12.1. The predicted octanol–water partition coefficient (Wildman–Crippen LogP) is 4.11. The largest absolute Gasteiger partial charge is 0.496 e. The highest BCUT2D eigenvalue weighted by atomic mass is 16.5. The third kappa shape index (κ3) is 5.91. The number of hydrogen-bond donors (Lipinski definition) is 2. The summed E-state index contributed by atoms with van der Waals surface area (Å²) in [6.07, 6.45) is 0.427. The van der Waals surface area contributed by atoms with E-state index in [1.165, 1.54) is 5.56 Å². The van der Waals surface area contributed by atoms with Crippen LogP contribution in [-0.2, 0) is 16.8 Å². The lowest BCUT2D eigenvalue weighted by Gasteiger charge is -2.19. The molecule has 4 heteroatoms. The van der Waals surface area contributed by atoms with Crippen molar-refractivity contribution >= 4 is 11.6 Å². The summed E-state index contributed by atoms with van der Waals surface area (Å²) in [6, 6.07) is 15.9. The molecule has 0 aliphatic carbocycles. The summed E-state index contributed by atoms with van der Waals surface area (Å²) in [6.45, 7) is 7.82. The van der Waals surface area contributed by atoms with E-state index < -0.39 is 0 Å². The van der Waals surface area contributed by atoms with Crippen LogP contribution < -0.4 is 15.4 Å². The van der Waals surface area contributed by atoms with E-state index in [2.05, 4.69) is 43.5 Å². The predicted molar refractivity (Wildman–Crippen MR) is 103 cm³/mol. The van der Waals surface area contributed by atoms with Crippen molar-refractivity contribution in [1.82, 2.24) is 5.32 Å². The van der Waals surface area contributed by atoms with Crippen molar-refractivity contribution in [2.45, 2.75) is 39.2 Å². The number of carbonyl (C=O) groups is 1. The van der Waals surface area contributed by atoms with Gasteiger partial charge in [0.1, 0.15) is 5.75 Å². The van der Waals surface area contributed by atoms with Crippen LogP contribution in [0.15, 0.2) is 48.5 Å². The van der Waals surface area contributed by atoms with Gasteiger partial charge in [-0.2, -0.15) is 0 Å². The van der Waals surface area contributed by atoms with E-state index in [0.29, 0.717) is 19.5 Å². The van der Waals surface area contributed by atoms with Crippen molar-refractivity contribution in [3.05, 3.63) is 59.7 Å². The molecule has 0 aliphatic heterocycles. The maximum absolute atomic E-state index is 12.1. The molecule has 134 valence electrons. The lowest BCUT2D eigenvalue weighted by molar-refractivity contribution is -0.116. The van der Waals surface area contributed by atoms with Crippen LogP contribution in [-0.4, -0.2) is 19.6 Å². The molecular weight excluding hydrogens is 312 g/mol. The van der Waals surface area contributed by atoms with Crippen LogP contribution in [0.2, 0.25) is 0 Å². The Kier molecular flexibility index (Phi) is 6.59. The van der Waals surface area contributed by atoms with E-state index in [9.17, 15) is 4.79 Å². The number of ether oxygens (including phenoxy) is 1. The van der Waals surface area contributed by atoms with E-state index in [1.807, 2.05) is 36.4 Å². The number of carbonyl (C=O) groups excluding carboxylic acids is 1. The van der Waals surface area contributed by atoms with Gasteiger partial charge in [-0.05, 0) is 29.2 Å². The number of anilines is 1. The number of nitrogens with one attached hydrogen (secondary N) is 2. The molecule has 2 rings (SSSR count). The van der Waals surface area contributed by atoms with Crippen LogP contribution in [0, 0.1) is 0 Å². The molecule has 2 aromatic carbocycles. The van der Waals surface area contributed by atoms with Crippen LogP contribution in [0.3, 0.4) is 0 Å². The molecule has 0 radical (unpaired) electrons. The van der Waals surface area contributed by atoms with Crippen LogP contribution in [0.5, 0.6) is 5.75 Å². The van der Waals surface area contributed by atoms with Gasteiger partial charge in [0.25, 0.3) is 0 Å². The van der Waals surface area contributed by atoms with Crippen molar-refractivity contribution in [3.63, 3.8) is 0 Å². The Morgan fingerprint density at radius 3 is 2.36 bits per heavy atom. The second-order valence-electron chi connectivity index (χ2n) is 7.11. The summed E-state index contributed by atoms with van der Waals surface area (Å²) in [5.74, 6) is 0.870. The summed E-state index contributed by atoms with van der Waals surface area (Å²) < 4.78 is 5.32. The summed E-state index contributed by atoms with van der Waals surface area (Å²) in [7, 11) is 1.66. The SMILES string of the molecule is COc1ccccc1CNCCC(=O)Nc1ccc(C(C)(C)C)cc1. The average molecular weight is 340 g/mol. The number of rotatable bonds is 7. The molecule has 0 heterocycles. The fourth-order valence-corrected chi connectivity index (χ4v) is 2.55. The fourth-order valence-electron chi connectivity index (χ4n) is 2.55. The lowest BCUT2D eigenvalue weighted by Crippen LogP contribution is -2.21. The zero-order chi connectivity index (χ0) is 18.3. The molecule has 0 fully saturated rings. The minimum atomic E-state index is 0.0102. The highest BCUT2D eigenvalue weighted by molar-refractivity contribution is 5.90. The van der Waals surface area contributed by atoms with Crippen LogP contribution in [0.1, 0.15) is 38.3 Å². The summed E-state index contributed by atoms with van der Waals surface area (Å²) >= 11 is 0. The van der Waals surface area contributed by atoms with E-state index >= 15 is 0 Å². The smallest absolute Gasteiger partial charge is 0.225 e. The first kappa shape index (κ1) is 19.0. The highest BCUT2D eigenvalue weighted by Gasteiger charge is 2.13. The second-order valence-corrected chi connectivity index (χ2v) is 7.11. The number of para-hydroxylation sites is 1. The number of hydrogen-bond acceptors (Lipinski definition) is 3. The maximum Gasteiger partial charge on any atom is 0.225 e. The zero-order valence-electron chi connectivity index (χ0n) is 15.6. The van der Waals surface area contributed by atoms with Crippen LogP contribution >= 0.6 is 0 Å². The Morgan fingerprint density at radius 1 is 1.04 bits per heavy atom. The molecule has 0 atom stereocenters. The van der Waals surface area contributed by atoms with Crippen molar-refractivity contribution in [2.24, 2.45) is 0 Å². The van der Waals surface area contributed by atoms with Crippen LogP contribution in [0.25, 0.3) is 0 Å². The van der Waals surface area contributed by atoms with Gasteiger partial charge in [-0.15, -0.1) is 0 Å². The minimum Gasteiger partial charge on any atom is -0.496 e. The normalized spacial score (nSPS) is 11.2. The highest BCUT2D eigenvalue weighted by Crippen LogP contribution is 2.23. The minimum absolute atomic E-state index is 0.0102. The molecule has 0 bridgehead atoms. The number of benzene rings is 2. The summed E-state index contributed by atoms with van der Waals surface area (Å²) in [5.41, 5.74) is 3.29. The van der Waals surface area contributed by atoms with E-state index in [0.717, 1.165) is 17.0 Å². The Hall–Kier alpha value is -2.33. The van der Waals surface area contributed by atoms with Gasteiger partial charge >= 0.3 is 0 Å². The number of amides is 1. The fraction of sp³-hybridized carbons (Fsp3) is 0.381. The second kappa shape index (κ2) is 8.67. The van der Waals surface area contributed by atoms with Gasteiger partial charge in [0.15, 0.2) is 0 Å². The van der Waals surface area contributed by atoms with Gasteiger partial charge in [0.2, 0.25) is 5.91 Å². The average Bonchev–Trinajstić information content (AvgIpc) is 2.58. The van der Waals surface area contributed by atoms with Gasteiger partial charge in [-0.3, -0.25) is 4.79 Å². The first-order chi connectivity index (χ1) is 11.9. The first-order valence-electron chi connectivity index (χ1n) is 8.63. The Labute approximate surface area is 150 Å². The quantitative estimate of drug-likeness (QED) is 0.746. The van der Waals surface area contributed by atoms with E-state index in [4.69, 9.17) is 4.74 Å².